The molecule has 242 valence electrons. The monoisotopic (exact) mass is 643 g/mol. The van der Waals surface area contributed by atoms with Gasteiger partial charge in [0.2, 0.25) is 11.7 Å². The summed E-state index contributed by atoms with van der Waals surface area (Å²) in [4.78, 5) is 39.4. The van der Waals surface area contributed by atoms with Gasteiger partial charge in [-0.2, -0.15) is 4.98 Å². The Balaban J connectivity index is 1.11. The van der Waals surface area contributed by atoms with Crippen molar-refractivity contribution in [2.24, 2.45) is 0 Å². The third-order valence-corrected chi connectivity index (χ3v) is 9.09. The van der Waals surface area contributed by atoms with E-state index in [1.54, 1.807) is 16.2 Å². The lowest BCUT2D eigenvalue weighted by Gasteiger charge is -2.27. The summed E-state index contributed by atoms with van der Waals surface area (Å²) in [5, 5.41) is 5.15. The lowest BCUT2D eigenvalue weighted by atomic mass is 10.0. The standard InChI is InChI=1S/C35H41N5O5S/c1-34(2,3)43-32(41)39-19-7-9-26(39)30-37-29(38-45-30)25-17-13-23(14-18-25)22-11-15-24(16-12-22)28-21-36-31(46-28)27-10-8-20-40(27)33(42)44-35(4,5)6/h11-18,21,26-27H,7-10,19-20H2,1-6H3/t26-,27?/m0/s1. The second-order valence-electron chi connectivity index (χ2n) is 13.8. The fraction of sp³-hybridized carbons (Fsp3) is 0.457. The summed E-state index contributed by atoms with van der Waals surface area (Å²) in [7, 11) is 0. The quantitative estimate of drug-likeness (QED) is 0.212. The molecule has 10 nitrogen and oxygen atoms in total. The molecular formula is C35H41N5O5S. The number of amides is 2. The Kier molecular flexibility index (Phi) is 8.62. The van der Waals surface area contributed by atoms with Gasteiger partial charge < -0.3 is 14.0 Å². The summed E-state index contributed by atoms with van der Waals surface area (Å²) >= 11 is 1.63. The lowest BCUT2D eigenvalue weighted by molar-refractivity contribution is 0.0196. The third-order valence-electron chi connectivity index (χ3n) is 7.94. The highest BCUT2D eigenvalue weighted by Crippen LogP contribution is 2.39. The summed E-state index contributed by atoms with van der Waals surface area (Å²) in [6, 6.07) is 16.1. The largest absolute Gasteiger partial charge is 0.444 e. The topological polar surface area (TPSA) is 111 Å². The van der Waals surface area contributed by atoms with E-state index in [9.17, 15) is 9.59 Å². The molecule has 6 rings (SSSR count). The fourth-order valence-corrected chi connectivity index (χ4v) is 6.90. The number of benzene rings is 2. The summed E-state index contributed by atoms with van der Waals surface area (Å²) in [5.74, 6) is 0.913. The number of nitrogens with zero attached hydrogens (tertiary/aromatic N) is 5. The number of aromatic nitrogens is 3. The minimum absolute atomic E-state index is 0.0521. The van der Waals surface area contributed by atoms with Crippen LogP contribution in [0.3, 0.4) is 0 Å². The van der Waals surface area contributed by atoms with Gasteiger partial charge in [-0.05, 0) is 83.9 Å². The molecule has 0 aliphatic carbocycles. The van der Waals surface area contributed by atoms with Crippen LogP contribution in [0.5, 0.6) is 0 Å². The average molecular weight is 644 g/mol. The van der Waals surface area contributed by atoms with Crippen molar-refractivity contribution in [3.8, 4) is 33.0 Å². The highest BCUT2D eigenvalue weighted by Gasteiger charge is 2.37. The van der Waals surface area contributed by atoms with Crippen LogP contribution in [0.1, 0.15) is 90.2 Å². The summed E-state index contributed by atoms with van der Waals surface area (Å²) in [6.45, 7) is 12.5. The van der Waals surface area contributed by atoms with Crippen LogP contribution in [-0.4, -0.2) is 61.4 Å². The Bertz CT molecular complexity index is 1560. The third kappa shape index (κ3) is 7.09. The van der Waals surface area contributed by atoms with Crippen molar-refractivity contribution < 1.29 is 23.6 Å². The first-order valence-electron chi connectivity index (χ1n) is 15.8. The minimum atomic E-state index is -0.570. The maximum Gasteiger partial charge on any atom is 0.410 e. The second kappa shape index (κ2) is 12.5. The molecule has 2 aliphatic rings. The van der Waals surface area contributed by atoms with E-state index >= 15 is 0 Å². The molecule has 2 saturated heterocycles. The van der Waals surface area contributed by atoms with E-state index in [1.807, 2.05) is 76.9 Å². The average Bonchev–Trinajstić information content (AvgIpc) is 3.82. The van der Waals surface area contributed by atoms with Crippen LogP contribution in [0.2, 0.25) is 0 Å². The Labute approximate surface area is 273 Å². The molecule has 2 aromatic carbocycles. The van der Waals surface area contributed by atoms with Gasteiger partial charge >= 0.3 is 12.2 Å². The summed E-state index contributed by atoms with van der Waals surface area (Å²) in [6.07, 6.45) is 4.69. The second-order valence-corrected chi connectivity index (χ2v) is 14.9. The molecule has 0 radical (unpaired) electrons. The molecule has 2 aliphatic heterocycles. The van der Waals surface area contributed by atoms with Gasteiger partial charge in [0.15, 0.2) is 0 Å². The Morgan fingerprint density at radius 2 is 1.26 bits per heavy atom. The van der Waals surface area contributed by atoms with Gasteiger partial charge in [0, 0.05) is 24.8 Å². The predicted octanol–water partition coefficient (Wildman–Crippen LogP) is 8.67. The smallest absolute Gasteiger partial charge is 0.410 e. The van der Waals surface area contributed by atoms with Gasteiger partial charge in [-0.3, -0.25) is 9.80 Å². The Morgan fingerprint density at radius 1 is 0.761 bits per heavy atom. The number of likely N-dealkylation sites (tertiary alicyclic amines) is 2. The SMILES string of the molecule is CC(C)(C)OC(=O)N1CCCC1c1ncc(-c2ccc(-c3ccc(-c4noc([C@@H]5CCCN5C(=O)OC(C)(C)C)n4)cc3)cc2)s1. The minimum Gasteiger partial charge on any atom is -0.444 e. The predicted molar refractivity (Wildman–Crippen MR) is 176 cm³/mol. The zero-order valence-electron chi connectivity index (χ0n) is 27.3. The molecule has 1 unspecified atom stereocenters. The molecule has 2 aromatic heterocycles. The first-order chi connectivity index (χ1) is 21.8. The van der Waals surface area contributed by atoms with E-state index in [4.69, 9.17) is 19.0 Å². The normalized spacial score (nSPS) is 18.7. The molecule has 4 heterocycles. The molecule has 0 spiro atoms. The number of rotatable bonds is 5. The molecule has 2 amide bonds. The van der Waals surface area contributed by atoms with Crippen LogP contribution in [0, 0.1) is 0 Å². The maximum atomic E-state index is 12.8. The number of ether oxygens (including phenoxy) is 2. The van der Waals surface area contributed by atoms with Crippen LogP contribution >= 0.6 is 11.3 Å². The van der Waals surface area contributed by atoms with Gasteiger partial charge in [0.1, 0.15) is 22.3 Å². The molecule has 4 aromatic rings. The van der Waals surface area contributed by atoms with Crippen LogP contribution < -0.4 is 0 Å². The van der Waals surface area contributed by atoms with Crippen molar-refractivity contribution in [1.82, 2.24) is 24.9 Å². The van der Waals surface area contributed by atoms with Crippen LogP contribution in [0.4, 0.5) is 9.59 Å². The van der Waals surface area contributed by atoms with E-state index in [-0.39, 0.29) is 24.3 Å². The first kappa shape index (κ1) is 31.7. The molecule has 0 saturated carbocycles. The Hall–Kier alpha value is -4.25. The lowest BCUT2D eigenvalue weighted by Crippen LogP contribution is -2.36. The molecule has 46 heavy (non-hydrogen) atoms. The highest BCUT2D eigenvalue weighted by atomic mass is 32.1. The van der Waals surface area contributed by atoms with Gasteiger partial charge in [0.05, 0.1) is 10.9 Å². The van der Waals surface area contributed by atoms with E-state index < -0.39 is 11.2 Å². The molecule has 2 fully saturated rings. The molecule has 11 heteroatoms. The van der Waals surface area contributed by atoms with E-state index in [0.717, 1.165) is 57.8 Å². The fourth-order valence-electron chi connectivity index (χ4n) is 5.83. The van der Waals surface area contributed by atoms with Gasteiger partial charge in [-0.25, -0.2) is 14.6 Å². The number of carbonyl (C=O) groups is 2. The number of carbonyl (C=O) groups excluding carboxylic acids is 2. The van der Waals surface area contributed by atoms with Crippen LogP contribution in [0.15, 0.2) is 59.3 Å². The number of hydrogen-bond donors (Lipinski definition) is 0. The van der Waals surface area contributed by atoms with E-state index in [0.29, 0.717) is 24.8 Å². The molecular weight excluding hydrogens is 602 g/mol. The zero-order valence-corrected chi connectivity index (χ0v) is 28.1. The summed E-state index contributed by atoms with van der Waals surface area (Å²) < 4.78 is 16.8. The van der Waals surface area contributed by atoms with Gasteiger partial charge in [-0.1, -0.05) is 53.7 Å². The number of thiazole rings is 1. The van der Waals surface area contributed by atoms with Crippen LogP contribution in [0.25, 0.3) is 33.0 Å². The molecule has 0 N–H and O–H groups in total. The Morgan fingerprint density at radius 3 is 1.83 bits per heavy atom. The van der Waals surface area contributed by atoms with Crippen molar-refractivity contribution in [2.75, 3.05) is 13.1 Å². The van der Waals surface area contributed by atoms with Crippen molar-refractivity contribution in [1.29, 1.82) is 0 Å². The maximum absolute atomic E-state index is 12.8. The van der Waals surface area contributed by atoms with Crippen LogP contribution in [-0.2, 0) is 9.47 Å². The van der Waals surface area contributed by atoms with Gasteiger partial charge in [-0.15, -0.1) is 11.3 Å². The van der Waals surface area contributed by atoms with Crippen molar-refractivity contribution >= 4 is 23.5 Å². The highest BCUT2D eigenvalue weighted by molar-refractivity contribution is 7.15. The van der Waals surface area contributed by atoms with E-state index in [2.05, 4.69) is 34.4 Å². The van der Waals surface area contributed by atoms with Crippen molar-refractivity contribution in [2.45, 2.75) is 90.5 Å². The van der Waals surface area contributed by atoms with E-state index in [1.165, 1.54) is 0 Å². The molecule has 2 atom stereocenters. The number of hydrogen-bond acceptors (Lipinski definition) is 9. The zero-order chi connectivity index (χ0) is 32.6. The van der Waals surface area contributed by atoms with Crippen molar-refractivity contribution in [3.63, 3.8) is 0 Å². The molecule has 0 bridgehead atoms. The van der Waals surface area contributed by atoms with Crippen molar-refractivity contribution in [3.05, 3.63) is 65.6 Å². The summed E-state index contributed by atoms with van der Waals surface area (Å²) in [5.41, 5.74) is 2.96. The van der Waals surface area contributed by atoms with Gasteiger partial charge in [0.25, 0.3) is 0 Å². The first-order valence-corrected chi connectivity index (χ1v) is 16.7.